The zero-order chi connectivity index (χ0) is 12.8. The summed E-state index contributed by atoms with van der Waals surface area (Å²) in [5.74, 6) is 1.55. The van der Waals surface area contributed by atoms with E-state index < -0.39 is 0 Å². The molecule has 1 heterocycles. The number of anilines is 1. The van der Waals surface area contributed by atoms with E-state index in [0.29, 0.717) is 12.3 Å². The molecule has 5 heteroatoms. The van der Waals surface area contributed by atoms with Gasteiger partial charge in [-0.3, -0.25) is 0 Å². The molecule has 1 aromatic carbocycles. The Morgan fingerprint density at radius 3 is 2.94 bits per heavy atom. The van der Waals surface area contributed by atoms with E-state index in [0.717, 1.165) is 15.2 Å². The minimum absolute atomic E-state index is 0.0554. The third kappa shape index (κ3) is 3.67. The van der Waals surface area contributed by atoms with Crippen LogP contribution >= 0.6 is 22.6 Å². The minimum Gasteiger partial charge on any atom is -0.479 e. The summed E-state index contributed by atoms with van der Waals surface area (Å²) in [5.41, 5.74) is 0.928. The molecule has 0 unspecified atom stereocenters. The van der Waals surface area contributed by atoms with E-state index in [1.165, 1.54) is 0 Å². The molecule has 18 heavy (non-hydrogen) atoms. The molecule has 0 saturated heterocycles. The number of halogens is 1. The lowest BCUT2D eigenvalue weighted by molar-refractivity contribution is 0.368. The molecule has 0 atom stereocenters. The number of ether oxygens (including phenoxy) is 1. The summed E-state index contributed by atoms with van der Waals surface area (Å²) in [5, 5.41) is 11.7. The van der Waals surface area contributed by atoms with Crippen molar-refractivity contribution in [3.05, 3.63) is 45.9 Å². The molecule has 0 bridgehead atoms. The Morgan fingerprint density at radius 1 is 1.33 bits per heavy atom. The molecule has 2 aromatic rings. The van der Waals surface area contributed by atoms with Crippen molar-refractivity contribution in [1.29, 1.82) is 5.26 Å². The zero-order valence-corrected chi connectivity index (χ0v) is 11.7. The van der Waals surface area contributed by atoms with Gasteiger partial charge in [0, 0.05) is 11.8 Å². The topological polar surface area (TPSA) is 58.2 Å². The van der Waals surface area contributed by atoms with E-state index in [1.807, 2.05) is 42.5 Å². The number of furan rings is 1. The van der Waals surface area contributed by atoms with Crippen LogP contribution in [0.15, 0.2) is 40.8 Å². The zero-order valence-electron chi connectivity index (χ0n) is 9.52. The van der Waals surface area contributed by atoms with E-state index in [4.69, 9.17) is 14.4 Å². The second-order valence-corrected chi connectivity index (χ2v) is 4.60. The Kier molecular flexibility index (Phi) is 4.47. The van der Waals surface area contributed by atoms with Crippen LogP contribution in [-0.4, -0.2) is 6.61 Å². The molecule has 1 N–H and O–H groups in total. The predicted octanol–water partition coefficient (Wildman–Crippen LogP) is 3.40. The van der Waals surface area contributed by atoms with Gasteiger partial charge in [0.15, 0.2) is 10.4 Å². The molecule has 0 fully saturated rings. The predicted molar refractivity (Wildman–Crippen MR) is 76.3 cm³/mol. The molecule has 2 rings (SSSR count). The Hall–Kier alpha value is -1.68. The van der Waals surface area contributed by atoms with Gasteiger partial charge in [0.05, 0.1) is 6.54 Å². The van der Waals surface area contributed by atoms with Crippen LogP contribution in [0.4, 0.5) is 5.69 Å². The number of nitrogens with zero attached hydrogens (tertiary/aromatic N) is 1. The summed E-state index contributed by atoms with van der Waals surface area (Å²) < 4.78 is 11.5. The third-order valence-corrected chi connectivity index (χ3v) is 2.81. The maximum Gasteiger partial charge on any atom is 0.174 e. The van der Waals surface area contributed by atoms with Crippen molar-refractivity contribution in [2.75, 3.05) is 11.9 Å². The highest BCUT2D eigenvalue weighted by Crippen LogP contribution is 2.18. The van der Waals surface area contributed by atoms with E-state index >= 15 is 0 Å². The van der Waals surface area contributed by atoms with Crippen LogP contribution < -0.4 is 10.1 Å². The fourth-order valence-corrected chi connectivity index (χ4v) is 1.91. The van der Waals surface area contributed by atoms with Crippen molar-refractivity contribution in [1.82, 2.24) is 0 Å². The number of hydrogen-bond acceptors (Lipinski definition) is 4. The standard InChI is InChI=1S/C13H11IN2O2/c14-13-5-4-12(18-13)9-16-10-2-1-3-11(8-10)17-7-6-15/h1-5,8,16H,7,9H2. The lowest BCUT2D eigenvalue weighted by atomic mass is 10.3. The fourth-order valence-electron chi connectivity index (χ4n) is 1.45. The largest absolute Gasteiger partial charge is 0.479 e. The Balaban J connectivity index is 1.95. The fraction of sp³-hybridized carbons (Fsp3) is 0.154. The van der Waals surface area contributed by atoms with Crippen molar-refractivity contribution in [2.24, 2.45) is 0 Å². The van der Waals surface area contributed by atoms with Crippen LogP contribution in [0, 0.1) is 15.1 Å². The van der Waals surface area contributed by atoms with E-state index in [9.17, 15) is 0 Å². The van der Waals surface area contributed by atoms with Gasteiger partial charge in [0.25, 0.3) is 0 Å². The summed E-state index contributed by atoms with van der Waals surface area (Å²) in [6, 6.07) is 13.3. The van der Waals surface area contributed by atoms with Gasteiger partial charge in [-0.15, -0.1) is 0 Å². The molecule has 92 valence electrons. The Labute approximate surface area is 119 Å². The first-order chi connectivity index (χ1) is 8.78. The van der Waals surface area contributed by atoms with Crippen molar-refractivity contribution in [2.45, 2.75) is 6.54 Å². The SMILES string of the molecule is N#CCOc1cccc(NCc2ccc(I)o2)c1. The number of hydrogen-bond donors (Lipinski definition) is 1. The third-order valence-electron chi connectivity index (χ3n) is 2.23. The molecule has 0 aliphatic carbocycles. The van der Waals surface area contributed by atoms with Crippen LogP contribution in [0.1, 0.15) is 5.76 Å². The molecule has 0 aliphatic rings. The molecule has 0 saturated carbocycles. The van der Waals surface area contributed by atoms with E-state index in [-0.39, 0.29) is 6.61 Å². The lowest BCUT2D eigenvalue weighted by Gasteiger charge is -2.07. The highest BCUT2D eigenvalue weighted by Gasteiger charge is 2.00. The van der Waals surface area contributed by atoms with Gasteiger partial charge in [0.1, 0.15) is 17.6 Å². The van der Waals surface area contributed by atoms with Crippen LogP contribution in [0.3, 0.4) is 0 Å². The molecule has 4 nitrogen and oxygen atoms in total. The smallest absolute Gasteiger partial charge is 0.174 e. The van der Waals surface area contributed by atoms with Crippen molar-refractivity contribution in [3.8, 4) is 11.8 Å². The average molecular weight is 354 g/mol. The number of nitrogens with one attached hydrogen (secondary N) is 1. The Bertz CT molecular complexity index is 560. The molecule has 0 radical (unpaired) electrons. The first-order valence-electron chi connectivity index (χ1n) is 5.36. The maximum absolute atomic E-state index is 8.45. The van der Waals surface area contributed by atoms with Crippen LogP contribution in [0.25, 0.3) is 0 Å². The molecular weight excluding hydrogens is 343 g/mol. The van der Waals surface area contributed by atoms with Gasteiger partial charge >= 0.3 is 0 Å². The van der Waals surface area contributed by atoms with Crippen molar-refractivity contribution in [3.63, 3.8) is 0 Å². The van der Waals surface area contributed by atoms with Gasteiger partial charge in [-0.05, 0) is 46.9 Å². The van der Waals surface area contributed by atoms with Gasteiger partial charge in [-0.1, -0.05) is 6.07 Å². The normalized spacial score (nSPS) is 9.78. The van der Waals surface area contributed by atoms with Crippen molar-refractivity contribution < 1.29 is 9.15 Å². The first kappa shape index (κ1) is 12.8. The molecular formula is C13H11IN2O2. The van der Waals surface area contributed by atoms with Gasteiger partial charge in [0.2, 0.25) is 0 Å². The maximum atomic E-state index is 8.45. The van der Waals surface area contributed by atoms with Crippen LogP contribution in [0.2, 0.25) is 0 Å². The first-order valence-corrected chi connectivity index (χ1v) is 6.44. The Morgan fingerprint density at radius 2 is 2.22 bits per heavy atom. The summed E-state index contributed by atoms with van der Waals surface area (Å²) in [6.45, 7) is 0.671. The quantitative estimate of drug-likeness (QED) is 0.837. The molecule has 1 aromatic heterocycles. The van der Waals surface area contributed by atoms with Crippen LogP contribution in [0.5, 0.6) is 5.75 Å². The highest BCUT2D eigenvalue weighted by molar-refractivity contribution is 14.1. The number of nitriles is 1. The second kappa shape index (κ2) is 6.31. The minimum atomic E-state index is 0.0554. The molecule has 0 spiro atoms. The summed E-state index contributed by atoms with van der Waals surface area (Å²) in [6.07, 6.45) is 0. The highest BCUT2D eigenvalue weighted by atomic mass is 127. The van der Waals surface area contributed by atoms with Gasteiger partial charge in [-0.2, -0.15) is 5.26 Å². The molecule has 0 aliphatic heterocycles. The summed E-state index contributed by atoms with van der Waals surface area (Å²) >= 11 is 2.13. The van der Waals surface area contributed by atoms with Crippen molar-refractivity contribution >= 4 is 28.3 Å². The van der Waals surface area contributed by atoms with Gasteiger partial charge in [-0.25, -0.2) is 0 Å². The lowest BCUT2D eigenvalue weighted by Crippen LogP contribution is -1.99. The summed E-state index contributed by atoms with van der Waals surface area (Å²) in [4.78, 5) is 0. The van der Waals surface area contributed by atoms with Gasteiger partial charge < -0.3 is 14.5 Å². The average Bonchev–Trinajstić information content (AvgIpc) is 2.80. The van der Waals surface area contributed by atoms with E-state index in [2.05, 4.69) is 27.9 Å². The van der Waals surface area contributed by atoms with Crippen LogP contribution in [-0.2, 0) is 6.54 Å². The second-order valence-electron chi connectivity index (χ2n) is 3.53. The van der Waals surface area contributed by atoms with E-state index in [1.54, 1.807) is 0 Å². The summed E-state index contributed by atoms with van der Waals surface area (Å²) in [7, 11) is 0. The molecule has 0 amide bonds. The number of rotatable bonds is 5. The monoisotopic (exact) mass is 354 g/mol. The number of benzene rings is 1.